The molecular formula is C9H17NO2. The maximum atomic E-state index is 10.6. The molecule has 0 aromatic rings. The minimum absolute atomic E-state index is 0.155. The first kappa shape index (κ1) is 9.52. The van der Waals surface area contributed by atoms with Crippen LogP contribution in [0.1, 0.15) is 33.1 Å². The first-order chi connectivity index (χ1) is 5.41. The lowest BCUT2D eigenvalue weighted by Gasteiger charge is -2.26. The highest BCUT2D eigenvalue weighted by molar-refractivity contribution is 5.70. The fraction of sp³-hybridized carbons (Fsp3) is 0.889. The van der Waals surface area contributed by atoms with Crippen LogP contribution in [0.25, 0.3) is 0 Å². The lowest BCUT2D eigenvalue weighted by Crippen LogP contribution is -2.39. The van der Waals surface area contributed by atoms with Crippen molar-refractivity contribution in [1.82, 2.24) is 0 Å². The molecule has 0 spiro atoms. The topological polar surface area (TPSA) is 63.3 Å². The highest BCUT2D eigenvalue weighted by Crippen LogP contribution is 2.36. The number of hydrogen-bond acceptors (Lipinski definition) is 2. The summed E-state index contributed by atoms with van der Waals surface area (Å²) in [4.78, 5) is 10.6. The normalized spacial score (nSPS) is 30.6. The molecule has 1 rings (SSSR count). The smallest absolute Gasteiger partial charge is 0.306 e. The van der Waals surface area contributed by atoms with Gasteiger partial charge in [0.15, 0.2) is 0 Å². The Kier molecular flexibility index (Phi) is 2.42. The molecule has 0 amide bonds. The van der Waals surface area contributed by atoms with Crippen molar-refractivity contribution in [1.29, 1.82) is 0 Å². The first-order valence-electron chi connectivity index (χ1n) is 4.43. The monoisotopic (exact) mass is 171 g/mol. The van der Waals surface area contributed by atoms with Crippen molar-refractivity contribution in [3.8, 4) is 0 Å². The fourth-order valence-electron chi connectivity index (χ4n) is 1.88. The summed E-state index contributed by atoms with van der Waals surface area (Å²) in [6, 6.07) is 0. The molecule has 12 heavy (non-hydrogen) atoms. The van der Waals surface area contributed by atoms with Gasteiger partial charge in [0.1, 0.15) is 0 Å². The minimum Gasteiger partial charge on any atom is -0.481 e. The number of carboxylic acids is 1. The van der Waals surface area contributed by atoms with Gasteiger partial charge in [0.25, 0.3) is 0 Å². The van der Waals surface area contributed by atoms with Crippen LogP contribution in [0.3, 0.4) is 0 Å². The zero-order valence-electron chi connectivity index (χ0n) is 7.71. The quantitative estimate of drug-likeness (QED) is 0.656. The van der Waals surface area contributed by atoms with Crippen molar-refractivity contribution < 1.29 is 9.90 Å². The van der Waals surface area contributed by atoms with Gasteiger partial charge in [0.2, 0.25) is 0 Å². The summed E-state index contributed by atoms with van der Waals surface area (Å²) in [5.41, 5.74) is 5.69. The van der Waals surface area contributed by atoms with Crippen molar-refractivity contribution >= 4 is 5.97 Å². The average Bonchev–Trinajstić information content (AvgIpc) is 2.30. The summed E-state index contributed by atoms with van der Waals surface area (Å²) in [6.45, 7) is 3.95. The van der Waals surface area contributed by atoms with Gasteiger partial charge in [0.05, 0.1) is 5.92 Å². The van der Waals surface area contributed by atoms with E-state index in [2.05, 4.69) is 0 Å². The third-order valence-electron chi connectivity index (χ3n) is 2.83. The van der Waals surface area contributed by atoms with Gasteiger partial charge in [-0.2, -0.15) is 0 Å². The lowest BCUT2D eigenvalue weighted by molar-refractivity contribution is -0.141. The van der Waals surface area contributed by atoms with E-state index < -0.39 is 5.97 Å². The van der Waals surface area contributed by atoms with Crippen molar-refractivity contribution in [3.05, 3.63) is 0 Å². The molecule has 1 aliphatic rings. The largest absolute Gasteiger partial charge is 0.481 e. The molecule has 0 radical (unpaired) electrons. The average molecular weight is 171 g/mol. The SMILES string of the molecule is CC(C)(N)C1CCC(C(=O)O)C1. The Morgan fingerprint density at radius 1 is 1.50 bits per heavy atom. The Labute approximate surface area is 72.9 Å². The van der Waals surface area contributed by atoms with Crippen LogP contribution in [0.2, 0.25) is 0 Å². The van der Waals surface area contributed by atoms with Gasteiger partial charge >= 0.3 is 5.97 Å². The summed E-state index contributed by atoms with van der Waals surface area (Å²) in [6.07, 6.45) is 2.50. The van der Waals surface area contributed by atoms with Gasteiger partial charge in [-0.25, -0.2) is 0 Å². The summed E-state index contributed by atoms with van der Waals surface area (Å²) in [5.74, 6) is -0.446. The maximum absolute atomic E-state index is 10.6. The molecule has 0 saturated heterocycles. The van der Waals surface area contributed by atoms with Gasteiger partial charge in [-0.1, -0.05) is 0 Å². The third kappa shape index (κ3) is 1.97. The van der Waals surface area contributed by atoms with E-state index in [0.717, 1.165) is 19.3 Å². The molecule has 0 aliphatic heterocycles. The molecule has 2 unspecified atom stereocenters. The molecule has 3 N–H and O–H groups in total. The van der Waals surface area contributed by atoms with Crippen LogP contribution in [-0.4, -0.2) is 16.6 Å². The van der Waals surface area contributed by atoms with Crippen LogP contribution in [0.5, 0.6) is 0 Å². The number of carbonyl (C=O) groups is 1. The van der Waals surface area contributed by atoms with Gasteiger partial charge < -0.3 is 10.8 Å². The van der Waals surface area contributed by atoms with E-state index in [1.165, 1.54) is 0 Å². The molecule has 0 bridgehead atoms. The molecule has 2 atom stereocenters. The number of rotatable bonds is 2. The van der Waals surface area contributed by atoms with E-state index in [0.29, 0.717) is 5.92 Å². The van der Waals surface area contributed by atoms with Gasteiger partial charge in [-0.3, -0.25) is 4.79 Å². The highest BCUT2D eigenvalue weighted by Gasteiger charge is 2.36. The fourth-order valence-corrected chi connectivity index (χ4v) is 1.88. The summed E-state index contributed by atoms with van der Waals surface area (Å²) < 4.78 is 0. The Hall–Kier alpha value is -0.570. The predicted molar refractivity (Wildman–Crippen MR) is 46.7 cm³/mol. The van der Waals surface area contributed by atoms with E-state index in [4.69, 9.17) is 10.8 Å². The molecule has 1 saturated carbocycles. The zero-order valence-corrected chi connectivity index (χ0v) is 7.71. The minimum atomic E-state index is -0.665. The number of nitrogens with two attached hydrogens (primary N) is 1. The number of carboxylic acid groups (broad SMARTS) is 1. The molecular weight excluding hydrogens is 154 g/mol. The van der Waals surface area contributed by atoms with Crippen molar-refractivity contribution in [2.24, 2.45) is 17.6 Å². The number of aliphatic carboxylic acids is 1. The standard InChI is InChI=1S/C9H17NO2/c1-9(2,10)7-4-3-6(5-7)8(11)12/h6-7H,3-5,10H2,1-2H3,(H,11,12). The van der Waals surface area contributed by atoms with Gasteiger partial charge in [-0.05, 0) is 39.0 Å². The molecule has 0 heterocycles. The molecule has 0 aromatic heterocycles. The summed E-state index contributed by atoms with van der Waals surface area (Å²) in [5, 5.41) is 8.76. The van der Waals surface area contributed by atoms with Crippen molar-refractivity contribution in [2.75, 3.05) is 0 Å². The second-order valence-electron chi connectivity index (χ2n) is 4.37. The van der Waals surface area contributed by atoms with E-state index in [1.54, 1.807) is 0 Å². The predicted octanol–water partition coefficient (Wildman–Crippen LogP) is 1.22. The van der Waals surface area contributed by atoms with Crippen LogP contribution in [0, 0.1) is 11.8 Å². The van der Waals surface area contributed by atoms with E-state index >= 15 is 0 Å². The van der Waals surface area contributed by atoms with Crippen LogP contribution in [0.4, 0.5) is 0 Å². The van der Waals surface area contributed by atoms with Crippen LogP contribution in [-0.2, 0) is 4.79 Å². The van der Waals surface area contributed by atoms with Crippen molar-refractivity contribution in [3.63, 3.8) is 0 Å². The maximum Gasteiger partial charge on any atom is 0.306 e. The van der Waals surface area contributed by atoms with Crippen molar-refractivity contribution in [2.45, 2.75) is 38.6 Å². The van der Waals surface area contributed by atoms with Gasteiger partial charge in [-0.15, -0.1) is 0 Å². The molecule has 70 valence electrons. The van der Waals surface area contributed by atoms with E-state index in [9.17, 15) is 4.79 Å². The second-order valence-corrected chi connectivity index (χ2v) is 4.37. The molecule has 1 fully saturated rings. The second kappa shape index (κ2) is 3.05. The van der Waals surface area contributed by atoms with Crippen LogP contribution in [0.15, 0.2) is 0 Å². The van der Waals surface area contributed by atoms with Crippen LogP contribution >= 0.6 is 0 Å². The Morgan fingerprint density at radius 3 is 2.33 bits per heavy atom. The van der Waals surface area contributed by atoms with Gasteiger partial charge in [0, 0.05) is 5.54 Å². The van der Waals surface area contributed by atoms with E-state index in [1.807, 2.05) is 13.8 Å². The molecule has 3 nitrogen and oxygen atoms in total. The Morgan fingerprint density at radius 2 is 2.08 bits per heavy atom. The Balaban J connectivity index is 2.51. The zero-order chi connectivity index (χ0) is 9.35. The third-order valence-corrected chi connectivity index (χ3v) is 2.83. The molecule has 0 aromatic carbocycles. The highest BCUT2D eigenvalue weighted by atomic mass is 16.4. The Bertz CT molecular complexity index is 183. The van der Waals surface area contributed by atoms with Crippen LogP contribution < -0.4 is 5.73 Å². The first-order valence-corrected chi connectivity index (χ1v) is 4.43. The summed E-state index contributed by atoms with van der Waals surface area (Å²) >= 11 is 0. The van der Waals surface area contributed by atoms with E-state index in [-0.39, 0.29) is 11.5 Å². The number of hydrogen-bond donors (Lipinski definition) is 2. The lowest BCUT2D eigenvalue weighted by atomic mass is 9.86. The summed E-state index contributed by atoms with van der Waals surface area (Å²) in [7, 11) is 0. The molecule has 1 aliphatic carbocycles. The molecule has 3 heteroatoms.